The summed E-state index contributed by atoms with van der Waals surface area (Å²) < 4.78 is 0. The first kappa shape index (κ1) is 16.0. The van der Waals surface area contributed by atoms with E-state index in [-0.39, 0.29) is 11.9 Å². The Morgan fingerprint density at radius 3 is 2.61 bits per heavy atom. The highest BCUT2D eigenvalue weighted by Crippen LogP contribution is 2.32. The molecule has 1 atom stereocenters. The van der Waals surface area contributed by atoms with Crippen LogP contribution in [0.15, 0.2) is 41.6 Å². The molecule has 2 aromatic rings. The number of thioether (sulfide) groups is 1. The van der Waals surface area contributed by atoms with Crippen LogP contribution in [0, 0.1) is 13.8 Å². The van der Waals surface area contributed by atoms with E-state index in [1.54, 1.807) is 0 Å². The van der Waals surface area contributed by atoms with Crippen LogP contribution in [0.3, 0.4) is 0 Å². The number of benzene rings is 1. The summed E-state index contributed by atoms with van der Waals surface area (Å²) in [6, 6.07) is 12.5. The summed E-state index contributed by atoms with van der Waals surface area (Å²) >= 11 is 1.43. The summed E-state index contributed by atoms with van der Waals surface area (Å²) in [5.41, 5.74) is 3.11. The predicted octanol–water partition coefficient (Wildman–Crippen LogP) is 3.55. The summed E-state index contributed by atoms with van der Waals surface area (Å²) in [4.78, 5) is 23.4. The molecule has 0 radical (unpaired) electrons. The van der Waals surface area contributed by atoms with Gasteiger partial charge in [-0.1, -0.05) is 42.1 Å². The maximum absolute atomic E-state index is 12.6. The first-order valence-corrected chi connectivity index (χ1v) is 8.91. The molecule has 1 unspecified atom stereocenters. The molecular weight excluding hydrogens is 306 g/mol. The Balaban J connectivity index is 1.65. The Morgan fingerprint density at radius 1 is 1.22 bits per heavy atom. The van der Waals surface area contributed by atoms with Crippen LogP contribution in [0.4, 0.5) is 0 Å². The Labute approximate surface area is 141 Å². The van der Waals surface area contributed by atoms with Crippen LogP contribution in [-0.2, 0) is 4.79 Å². The molecule has 4 nitrogen and oxygen atoms in total. The molecule has 0 saturated carbocycles. The third-order valence-corrected chi connectivity index (χ3v) is 4.88. The quantitative estimate of drug-likeness (QED) is 0.636. The van der Waals surface area contributed by atoms with Crippen molar-refractivity contribution in [2.45, 2.75) is 37.9 Å². The number of aromatic nitrogens is 2. The third-order valence-electron chi connectivity index (χ3n) is 4.04. The van der Waals surface area contributed by atoms with Crippen LogP contribution < -0.4 is 0 Å². The van der Waals surface area contributed by atoms with Crippen LogP contribution in [0.5, 0.6) is 0 Å². The molecule has 1 aromatic heterocycles. The average molecular weight is 327 g/mol. The van der Waals surface area contributed by atoms with Gasteiger partial charge in [0.2, 0.25) is 5.91 Å². The Bertz CT molecular complexity index is 670. The topological polar surface area (TPSA) is 46.1 Å². The lowest BCUT2D eigenvalue weighted by Gasteiger charge is -2.25. The SMILES string of the molecule is Cc1cc(C)nc(SCC(=O)N2CCCC2c2ccccc2)n1. The van der Waals surface area contributed by atoms with Gasteiger partial charge in [-0.2, -0.15) is 0 Å². The van der Waals surface area contributed by atoms with E-state index in [9.17, 15) is 4.79 Å². The molecule has 2 heterocycles. The van der Waals surface area contributed by atoms with Gasteiger partial charge in [-0.3, -0.25) is 4.79 Å². The van der Waals surface area contributed by atoms with Gasteiger partial charge in [0.05, 0.1) is 11.8 Å². The van der Waals surface area contributed by atoms with Gasteiger partial charge in [-0.25, -0.2) is 9.97 Å². The fraction of sp³-hybridized carbons (Fsp3) is 0.389. The second kappa shape index (κ2) is 7.13. The highest BCUT2D eigenvalue weighted by atomic mass is 32.2. The maximum Gasteiger partial charge on any atom is 0.233 e. The van der Waals surface area contributed by atoms with Crippen molar-refractivity contribution in [1.82, 2.24) is 14.9 Å². The number of likely N-dealkylation sites (tertiary alicyclic amines) is 1. The maximum atomic E-state index is 12.6. The molecule has 0 aliphatic carbocycles. The number of aryl methyl sites for hydroxylation is 2. The van der Waals surface area contributed by atoms with Gasteiger partial charge in [0.1, 0.15) is 0 Å². The fourth-order valence-electron chi connectivity index (χ4n) is 3.05. The third kappa shape index (κ3) is 3.91. The normalized spacial score (nSPS) is 17.5. The number of rotatable bonds is 4. The van der Waals surface area contributed by atoms with Gasteiger partial charge in [-0.05, 0) is 38.3 Å². The van der Waals surface area contributed by atoms with E-state index < -0.39 is 0 Å². The molecule has 1 aliphatic heterocycles. The number of hydrogen-bond donors (Lipinski definition) is 0. The number of hydrogen-bond acceptors (Lipinski definition) is 4. The number of carbonyl (C=O) groups is 1. The molecule has 120 valence electrons. The van der Waals surface area contributed by atoms with Gasteiger partial charge in [-0.15, -0.1) is 0 Å². The summed E-state index contributed by atoms with van der Waals surface area (Å²) in [6.07, 6.45) is 2.11. The zero-order chi connectivity index (χ0) is 16.2. The lowest BCUT2D eigenvalue weighted by molar-refractivity contribution is -0.129. The van der Waals surface area contributed by atoms with Gasteiger partial charge in [0.25, 0.3) is 0 Å². The lowest BCUT2D eigenvalue weighted by Crippen LogP contribution is -2.32. The van der Waals surface area contributed by atoms with E-state index >= 15 is 0 Å². The van der Waals surface area contributed by atoms with Crippen molar-refractivity contribution in [3.63, 3.8) is 0 Å². The molecule has 1 fully saturated rings. The van der Waals surface area contributed by atoms with E-state index in [2.05, 4.69) is 22.1 Å². The standard InChI is InChI=1S/C18H21N3OS/c1-13-11-14(2)20-18(19-13)23-12-17(22)21-10-6-9-16(21)15-7-4-3-5-8-15/h3-5,7-8,11,16H,6,9-10,12H2,1-2H3. The van der Waals surface area contributed by atoms with Gasteiger partial charge in [0, 0.05) is 17.9 Å². The van der Waals surface area contributed by atoms with Crippen LogP contribution in [0.2, 0.25) is 0 Å². The van der Waals surface area contributed by atoms with Crippen LogP contribution in [0.1, 0.15) is 35.8 Å². The number of nitrogens with zero attached hydrogens (tertiary/aromatic N) is 3. The van der Waals surface area contributed by atoms with Crippen molar-refractivity contribution < 1.29 is 4.79 Å². The van der Waals surface area contributed by atoms with Crippen molar-refractivity contribution in [2.75, 3.05) is 12.3 Å². The second-order valence-corrected chi connectivity index (χ2v) is 6.82. The van der Waals surface area contributed by atoms with Crippen LogP contribution >= 0.6 is 11.8 Å². The molecule has 3 rings (SSSR count). The van der Waals surface area contributed by atoms with Gasteiger partial charge in [0.15, 0.2) is 5.16 Å². The summed E-state index contributed by atoms with van der Waals surface area (Å²) in [6.45, 7) is 4.74. The van der Waals surface area contributed by atoms with Gasteiger partial charge < -0.3 is 4.90 Å². The van der Waals surface area contributed by atoms with E-state index in [1.807, 2.05) is 43.0 Å². The first-order valence-electron chi connectivity index (χ1n) is 7.93. The largest absolute Gasteiger partial charge is 0.335 e. The molecule has 0 bridgehead atoms. The lowest BCUT2D eigenvalue weighted by atomic mass is 10.0. The average Bonchev–Trinajstić information content (AvgIpc) is 3.02. The minimum absolute atomic E-state index is 0.170. The molecule has 1 saturated heterocycles. The van der Waals surface area contributed by atoms with Crippen molar-refractivity contribution in [3.8, 4) is 0 Å². The Morgan fingerprint density at radius 2 is 1.91 bits per heavy atom. The Hall–Kier alpha value is -1.88. The molecule has 1 aliphatic rings. The van der Waals surface area contributed by atoms with E-state index in [0.29, 0.717) is 10.9 Å². The summed E-state index contributed by atoms with van der Waals surface area (Å²) in [5, 5.41) is 0.686. The molecule has 5 heteroatoms. The molecular formula is C18H21N3OS. The summed E-state index contributed by atoms with van der Waals surface area (Å²) in [5.74, 6) is 0.566. The van der Waals surface area contributed by atoms with Crippen LogP contribution in [-0.4, -0.2) is 33.1 Å². The molecule has 0 N–H and O–H groups in total. The fourth-order valence-corrected chi connectivity index (χ4v) is 3.89. The second-order valence-electron chi connectivity index (χ2n) is 5.88. The van der Waals surface area contributed by atoms with E-state index in [0.717, 1.165) is 30.8 Å². The predicted molar refractivity (Wildman–Crippen MR) is 92.4 cm³/mol. The van der Waals surface area contributed by atoms with E-state index in [4.69, 9.17) is 0 Å². The first-order chi connectivity index (χ1) is 11.1. The minimum Gasteiger partial charge on any atom is -0.335 e. The highest BCUT2D eigenvalue weighted by Gasteiger charge is 2.29. The van der Waals surface area contributed by atoms with Crippen LogP contribution in [0.25, 0.3) is 0 Å². The van der Waals surface area contributed by atoms with Crippen molar-refractivity contribution in [3.05, 3.63) is 53.3 Å². The van der Waals surface area contributed by atoms with E-state index in [1.165, 1.54) is 17.3 Å². The number of amides is 1. The van der Waals surface area contributed by atoms with Crippen molar-refractivity contribution in [2.24, 2.45) is 0 Å². The smallest absolute Gasteiger partial charge is 0.233 e. The number of carbonyl (C=O) groups excluding carboxylic acids is 1. The summed E-state index contributed by atoms with van der Waals surface area (Å²) in [7, 11) is 0. The zero-order valence-electron chi connectivity index (χ0n) is 13.5. The molecule has 0 spiro atoms. The Kier molecular flexibility index (Phi) is 4.96. The van der Waals surface area contributed by atoms with Gasteiger partial charge >= 0.3 is 0 Å². The molecule has 23 heavy (non-hydrogen) atoms. The monoisotopic (exact) mass is 327 g/mol. The highest BCUT2D eigenvalue weighted by molar-refractivity contribution is 7.99. The molecule has 1 aromatic carbocycles. The zero-order valence-corrected chi connectivity index (χ0v) is 14.3. The molecule has 1 amide bonds. The minimum atomic E-state index is 0.170. The van der Waals surface area contributed by atoms with Crippen molar-refractivity contribution in [1.29, 1.82) is 0 Å². The van der Waals surface area contributed by atoms with Crippen molar-refractivity contribution >= 4 is 17.7 Å².